The number of aliphatic hydroxyl groups excluding tert-OH is 1. The number of benzene rings is 2. The molecule has 5 N–H and O–H groups in total. The van der Waals surface area contributed by atoms with Crippen molar-refractivity contribution in [2.45, 2.75) is 76.8 Å². The summed E-state index contributed by atoms with van der Waals surface area (Å²) in [5, 5.41) is 15.8. The summed E-state index contributed by atoms with van der Waals surface area (Å²) in [6, 6.07) is 16.7. The number of aromatic nitrogens is 8. The van der Waals surface area contributed by atoms with E-state index in [2.05, 4.69) is 40.5 Å². The van der Waals surface area contributed by atoms with Crippen molar-refractivity contribution in [3.8, 4) is 0 Å². The van der Waals surface area contributed by atoms with Crippen LogP contribution in [0, 0.1) is 11.8 Å². The number of anilines is 2. The average molecular weight is 991 g/mol. The van der Waals surface area contributed by atoms with E-state index in [-0.39, 0.29) is 39.7 Å². The van der Waals surface area contributed by atoms with Crippen LogP contribution in [0.25, 0.3) is 22.3 Å². The lowest BCUT2D eigenvalue weighted by Crippen LogP contribution is -2.42. The third-order valence-electron chi connectivity index (χ3n) is 11.0. The molecule has 2 amide bonds. The molecular weight excluding hydrogens is 944 g/mol. The Kier molecular flexibility index (Phi) is 14.7. The molecule has 24 nitrogen and oxygen atoms in total. The maximum Gasteiger partial charge on any atom is 0.325 e. The third kappa shape index (κ3) is 10.5. The van der Waals surface area contributed by atoms with Crippen LogP contribution in [0.3, 0.4) is 0 Å². The number of ether oxygens (including phenoxy) is 5. The Morgan fingerprint density at radius 3 is 1.94 bits per heavy atom. The van der Waals surface area contributed by atoms with Crippen LogP contribution in [0.15, 0.2) is 84.4 Å². The highest BCUT2D eigenvalue weighted by atomic mass is 32.5. The number of aliphatic hydroxyl groups is 1. The molecule has 8 rings (SSSR count). The molecule has 2 aromatic carbocycles. The van der Waals surface area contributed by atoms with Crippen LogP contribution in [-0.2, 0) is 54.1 Å². The van der Waals surface area contributed by atoms with Crippen LogP contribution >= 0.6 is 6.72 Å². The number of imidazole rings is 2. The highest BCUT2D eigenvalue weighted by Crippen LogP contribution is 2.50. The predicted octanol–water partition coefficient (Wildman–Crippen LogP) is 3.02. The van der Waals surface area contributed by atoms with Crippen molar-refractivity contribution >= 4 is 76.4 Å². The number of carbonyl (C=O) groups excluding carboxylic acids is 4. The zero-order valence-electron chi connectivity index (χ0n) is 37.5. The van der Waals surface area contributed by atoms with E-state index < -0.39 is 110 Å². The van der Waals surface area contributed by atoms with Crippen molar-refractivity contribution < 1.29 is 61.9 Å². The molecule has 2 fully saturated rings. The molecule has 0 saturated carbocycles. The summed E-state index contributed by atoms with van der Waals surface area (Å²) in [6.07, 6.45) is -6.40. The molecule has 69 heavy (non-hydrogen) atoms. The van der Waals surface area contributed by atoms with Crippen molar-refractivity contribution in [2.24, 2.45) is 11.8 Å². The van der Waals surface area contributed by atoms with Crippen LogP contribution in [0.2, 0.25) is 0 Å². The Morgan fingerprint density at radius 2 is 1.33 bits per heavy atom. The zero-order valence-corrected chi connectivity index (χ0v) is 39.2. The molecule has 2 aliphatic rings. The fourth-order valence-electron chi connectivity index (χ4n) is 7.52. The quantitative estimate of drug-likeness (QED) is 0.0648. The molecule has 26 heteroatoms. The van der Waals surface area contributed by atoms with Crippen LogP contribution in [0.5, 0.6) is 0 Å². The van der Waals surface area contributed by atoms with Crippen molar-refractivity contribution in [2.75, 3.05) is 31.0 Å². The summed E-state index contributed by atoms with van der Waals surface area (Å²) in [6.45, 7) is 0.704. The van der Waals surface area contributed by atoms with Gasteiger partial charge in [0, 0.05) is 18.2 Å². The molecule has 2 saturated heterocycles. The fourth-order valence-corrected chi connectivity index (χ4v) is 8.96. The number of carbonyl (C=O) groups is 4. The SMILES string of the molecule is CO[C@@H]1[C@H](O[P@@](O)(=S)OC[C@H]2O[C@@H](n3cnc4c(=O)[nH]c(NC(=O)c5ccccc5)nc43)[C@H](OC(=O)C(C)C)[C@@H]2OC(=O)C(C)C)[C@@H](CO)O[C@H]1n1cnc2c(NC(=O)c3ccccc3)ncnc21. The maximum absolute atomic E-state index is 13.3. The lowest BCUT2D eigenvalue weighted by molar-refractivity contribution is -0.172. The Morgan fingerprint density at radius 1 is 0.768 bits per heavy atom. The van der Waals surface area contributed by atoms with Crippen LogP contribution in [0.1, 0.15) is 60.9 Å². The summed E-state index contributed by atoms with van der Waals surface area (Å²) < 4.78 is 45.0. The van der Waals surface area contributed by atoms with E-state index in [1.807, 2.05) is 0 Å². The van der Waals surface area contributed by atoms with Gasteiger partial charge in [-0.25, -0.2) is 19.9 Å². The standard InChI is InChI=1S/C43H47N10O14PS/c1-21(2)41(58)65-29-26(64-40(32(29)66-42(59)22(3)4)53-20-47-28-35(53)49-43(51-38(28)57)50-37(56)24-14-10-7-11-15-24)17-62-68(60,69)67-30-25(16-54)63-39(31(30)61-5)52-19-46-27-33(44-18-45-34(27)52)48-36(55)23-12-8-6-9-13-23/h6-15,18-22,25-26,29-32,39-40,54H,16-17H2,1-5H3,(H,60,69)(H,44,45,48,55)(H2,49,50,51,56,57)/t25-,26-,29-,30-,31-,32-,39-,40-,68+/m1/s1. The molecular formula is C43H47N10O14PS. The number of nitrogens with zero attached hydrogens (tertiary/aromatic N) is 7. The number of aromatic amines is 1. The van der Waals surface area contributed by atoms with Gasteiger partial charge in [-0.1, -0.05) is 64.1 Å². The highest BCUT2D eigenvalue weighted by Gasteiger charge is 2.53. The highest BCUT2D eigenvalue weighted by molar-refractivity contribution is 8.07. The van der Waals surface area contributed by atoms with Crippen molar-refractivity contribution in [1.29, 1.82) is 0 Å². The lowest BCUT2D eigenvalue weighted by atomic mass is 10.1. The van der Waals surface area contributed by atoms with Gasteiger partial charge in [-0.2, -0.15) is 4.98 Å². The fraction of sp³-hybridized carbons (Fsp3) is 0.395. The molecule has 6 heterocycles. The van der Waals surface area contributed by atoms with Gasteiger partial charge in [0.25, 0.3) is 17.4 Å². The molecule has 0 radical (unpaired) electrons. The predicted molar refractivity (Wildman–Crippen MR) is 245 cm³/mol. The van der Waals surface area contributed by atoms with E-state index in [9.17, 15) is 34.0 Å². The topological polar surface area (TPSA) is 305 Å². The summed E-state index contributed by atoms with van der Waals surface area (Å²) in [5.74, 6) is -3.87. The van der Waals surface area contributed by atoms with E-state index in [1.54, 1.807) is 88.4 Å². The number of hydrogen-bond donors (Lipinski definition) is 5. The van der Waals surface area contributed by atoms with Crippen molar-refractivity contribution in [3.63, 3.8) is 0 Å². The van der Waals surface area contributed by atoms with E-state index in [1.165, 1.54) is 35.2 Å². The molecule has 0 unspecified atom stereocenters. The van der Waals surface area contributed by atoms with Gasteiger partial charge in [-0.3, -0.25) is 47.9 Å². The number of rotatable bonds is 17. The summed E-state index contributed by atoms with van der Waals surface area (Å²) in [5.41, 5.74) is 0.102. The first kappa shape index (κ1) is 49.0. The van der Waals surface area contributed by atoms with Crippen LogP contribution in [0.4, 0.5) is 11.8 Å². The van der Waals surface area contributed by atoms with Gasteiger partial charge in [0.15, 0.2) is 52.8 Å². The van der Waals surface area contributed by atoms with Gasteiger partial charge in [0.05, 0.1) is 37.7 Å². The summed E-state index contributed by atoms with van der Waals surface area (Å²) in [4.78, 5) is 102. The minimum absolute atomic E-state index is 0.106. The summed E-state index contributed by atoms with van der Waals surface area (Å²) >= 11 is 5.50. The van der Waals surface area contributed by atoms with Gasteiger partial charge in [0.2, 0.25) is 5.95 Å². The van der Waals surface area contributed by atoms with Gasteiger partial charge >= 0.3 is 18.7 Å². The van der Waals surface area contributed by atoms with E-state index in [0.29, 0.717) is 5.56 Å². The molecule has 0 aliphatic carbocycles. The number of amides is 2. The second kappa shape index (κ2) is 20.7. The van der Waals surface area contributed by atoms with E-state index >= 15 is 0 Å². The third-order valence-corrected chi connectivity index (χ3v) is 12.6. The summed E-state index contributed by atoms with van der Waals surface area (Å²) in [7, 11) is 1.35. The number of esters is 2. The van der Waals surface area contributed by atoms with Crippen molar-refractivity contribution in [1.82, 2.24) is 39.0 Å². The largest absolute Gasteiger partial charge is 0.455 e. The Balaban J connectivity index is 1.05. The minimum atomic E-state index is -4.39. The number of hydrogen-bond acceptors (Lipinski definition) is 19. The van der Waals surface area contributed by atoms with Crippen molar-refractivity contribution in [3.05, 3.63) is 101 Å². The maximum atomic E-state index is 13.3. The van der Waals surface area contributed by atoms with Crippen LogP contribution < -0.4 is 16.2 Å². The molecule has 4 aromatic heterocycles. The lowest BCUT2D eigenvalue weighted by Gasteiger charge is -2.28. The van der Waals surface area contributed by atoms with E-state index in [4.69, 9.17) is 44.5 Å². The minimum Gasteiger partial charge on any atom is -0.455 e. The normalized spacial score (nSPS) is 23.3. The second-order valence-corrected chi connectivity index (χ2v) is 19.2. The Labute approximate surface area is 396 Å². The number of fused-ring (bicyclic) bond motifs is 2. The first-order chi connectivity index (χ1) is 33.1. The van der Waals surface area contributed by atoms with Gasteiger partial charge < -0.3 is 43.5 Å². The molecule has 364 valence electrons. The average Bonchev–Trinajstić information content (AvgIpc) is 4.12. The van der Waals surface area contributed by atoms with Crippen LogP contribution in [-0.4, -0.2) is 130 Å². The number of methoxy groups -OCH3 is 1. The molecule has 2 aliphatic heterocycles. The molecule has 0 spiro atoms. The Bertz CT molecular complexity index is 2960. The second-order valence-electron chi connectivity index (χ2n) is 16.4. The van der Waals surface area contributed by atoms with Gasteiger partial charge in [0.1, 0.15) is 30.7 Å². The number of nitrogens with one attached hydrogen (secondary N) is 3. The molecule has 0 bridgehead atoms. The first-order valence-corrected chi connectivity index (χ1v) is 24.0. The zero-order chi connectivity index (χ0) is 49.1. The van der Waals surface area contributed by atoms with Gasteiger partial charge in [-0.05, 0) is 36.1 Å². The molecule has 6 aromatic rings. The number of H-pyrrole nitrogens is 1. The monoisotopic (exact) mass is 990 g/mol. The molecule has 9 atom stereocenters. The van der Waals surface area contributed by atoms with E-state index in [0.717, 1.165) is 0 Å². The smallest absolute Gasteiger partial charge is 0.325 e. The first-order valence-electron chi connectivity index (χ1n) is 21.5. The van der Waals surface area contributed by atoms with Gasteiger partial charge in [-0.15, -0.1) is 0 Å². The Hall–Kier alpha value is -6.41.